The first-order chi connectivity index (χ1) is 13.2. The number of carbonyl (C=O) groups excluding carboxylic acids is 1. The molecule has 0 saturated heterocycles. The molecule has 0 spiro atoms. The molecule has 5 rings (SSSR count). The number of fused-ring (bicyclic) bond motifs is 1. The summed E-state index contributed by atoms with van der Waals surface area (Å²) in [6, 6.07) is 6.24. The van der Waals surface area contributed by atoms with E-state index < -0.39 is 0 Å². The van der Waals surface area contributed by atoms with Crippen LogP contribution in [-0.2, 0) is 6.42 Å². The molecule has 1 amide bonds. The van der Waals surface area contributed by atoms with Crippen LogP contribution in [0.3, 0.4) is 0 Å². The Morgan fingerprint density at radius 3 is 3.07 bits per heavy atom. The Bertz CT molecular complexity index is 1020. The second-order valence-electron chi connectivity index (χ2n) is 6.99. The third-order valence-electron chi connectivity index (χ3n) is 4.96. The zero-order valence-corrected chi connectivity index (χ0v) is 16.6. The van der Waals surface area contributed by atoms with E-state index in [1.54, 1.807) is 5.51 Å². The van der Waals surface area contributed by atoms with Gasteiger partial charge in [-0.25, -0.2) is 9.97 Å². The quantitative estimate of drug-likeness (QED) is 0.671. The average molecular weight is 398 g/mol. The van der Waals surface area contributed by atoms with Crippen LogP contribution in [0, 0.1) is 6.92 Å². The number of aromatic nitrogens is 2. The molecule has 0 unspecified atom stereocenters. The zero-order valence-electron chi connectivity index (χ0n) is 14.9. The molecule has 0 bridgehead atoms. The Morgan fingerprint density at radius 2 is 2.22 bits per heavy atom. The minimum absolute atomic E-state index is 0.0986. The minimum atomic E-state index is -0.0986. The third kappa shape index (κ3) is 3.26. The maximum absolute atomic E-state index is 12.7. The molecule has 1 fully saturated rings. The van der Waals surface area contributed by atoms with Crippen LogP contribution in [0.2, 0.25) is 0 Å². The molecule has 3 heterocycles. The second kappa shape index (κ2) is 6.73. The number of benzene rings is 1. The molecular formula is C20H19N3O2S2. The predicted octanol–water partition coefficient (Wildman–Crippen LogP) is 5.03. The van der Waals surface area contributed by atoms with Crippen LogP contribution < -0.4 is 10.1 Å². The highest BCUT2D eigenvalue weighted by molar-refractivity contribution is 7.16. The van der Waals surface area contributed by atoms with Crippen LogP contribution >= 0.6 is 22.7 Å². The lowest BCUT2D eigenvalue weighted by atomic mass is 10.0. The van der Waals surface area contributed by atoms with E-state index in [0.717, 1.165) is 64.7 Å². The van der Waals surface area contributed by atoms with Crippen LogP contribution in [0.15, 0.2) is 23.7 Å². The SMILES string of the molecule is Cc1sc(NC(=O)c2scnc2C2CC2)nc1-c1ccc2c(c1)CCCO2. The number of aryl methyl sites for hydroxylation is 2. The summed E-state index contributed by atoms with van der Waals surface area (Å²) >= 11 is 2.92. The number of nitrogens with one attached hydrogen (secondary N) is 1. The molecule has 2 aliphatic rings. The van der Waals surface area contributed by atoms with E-state index in [-0.39, 0.29) is 5.91 Å². The van der Waals surface area contributed by atoms with E-state index in [4.69, 9.17) is 9.72 Å². The topological polar surface area (TPSA) is 64.1 Å². The van der Waals surface area contributed by atoms with E-state index in [2.05, 4.69) is 16.4 Å². The van der Waals surface area contributed by atoms with Crippen molar-refractivity contribution in [2.75, 3.05) is 11.9 Å². The second-order valence-corrected chi connectivity index (χ2v) is 9.05. The van der Waals surface area contributed by atoms with Gasteiger partial charge in [0.25, 0.3) is 5.91 Å². The van der Waals surface area contributed by atoms with Crippen molar-refractivity contribution in [2.45, 2.75) is 38.5 Å². The standard InChI is InChI=1S/C20H19N3O2S2/c1-11-16(14-6-7-15-13(9-14)3-2-8-25-15)22-20(27-11)23-19(24)18-17(12-4-5-12)21-10-26-18/h6-7,9-10,12H,2-5,8H2,1H3,(H,22,23,24). The highest BCUT2D eigenvalue weighted by atomic mass is 32.1. The Balaban J connectivity index is 1.39. The van der Waals surface area contributed by atoms with E-state index in [9.17, 15) is 4.79 Å². The smallest absolute Gasteiger partial charge is 0.269 e. The number of carbonyl (C=O) groups is 1. The Morgan fingerprint density at radius 1 is 1.33 bits per heavy atom. The number of thiazole rings is 2. The van der Waals surface area contributed by atoms with Gasteiger partial charge in [0, 0.05) is 16.4 Å². The third-order valence-corrected chi connectivity index (χ3v) is 6.69. The number of hydrogen-bond acceptors (Lipinski definition) is 6. The molecule has 2 aromatic heterocycles. The van der Waals surface area contributed by atoms with Gasteiger partial charge in [0.2, 0.25) is 0 Å². The summed E-state index contributed by atoms with van der Waals surface area (Å²) in [7, 11) is 0. The Kier molecular flexibility index (Phi) is 4.21. The summed E-state index contributed by atoms with van der Waals surface area (Å²) in [5.74, 6) is 1.34. The van der Waals surface area contributed by atoms with Gasteiger partial charge in [0.15, 0.2) is 5.13 Å². The summed E-state index contributed by atoms with van der Waals surface area (Å²) in [5, 5.41) is 3.61. The lowest BCUT2D eigenvalue weighted by molar-refractivity contribution is 0.102. The fourth-order valence-electron chi connectivity index (χ4n) is 3.45. The highest BCUT2D eigenvalue weighted by Crippen LogP contribution is 2.42. The Hall–Kier alpha value is -2.25. The largest absolute Gasteiger partial charge is 0.493 e. The minimum Gasteiger partial charge on any atom is -0.493 e. The monoisotopic (exact) mass is 397 g/mol. The molecule has 1 N–H and O–H groups in total. The molecule has 1 aliphatic heterocycles. The number of ether oxygens (including phenoxy) is 1. The van der Waals surface area contributed by atoms with Crippen molar-refractivity contribution in [3.05, 3.63) is 44.7 Å². The Labute approximate surface area is 165 Å². The highest BCUT2D eigenvalue weighted by Gasteiger charge is 2.31. The molecule has 3 aromatic rings. The maximum Gasteiger partial charge on any atom is 0.269 e. The van der Waals surface area contributed by atoms with E-state index in [1.165, 1.54) is 28.2 Å². The van der Waals surface area contributed by atoms with Crippen molar-refractivity contribution < 1.29 is 9.53 Å². The summed E-state index contributed by atoms with van der Waals surface area (Å²) in [6.45, 7) is 2.83. The molecule has 138 valence electrons. The van der Waals surface area contributed by atoms with Crippen LogP contribution in [0.25, 0.3) is 11.3 Å². The zero-order chi connectivity index (χ0) is 18.4. The number of hydrogen-bond donors (Lipinski definition) is 1. The maximum atomic E-state index is 12.7. The van der Waals surface area contributed by atoms with Gasteiger partial charge in [-0.15, -0.1) is 22.7 Å². The molecule has 1 aromatic carbocycles. The molecule has 7 heteroatoms. The van der Waals surface area contributed by atoms with Gasteiger partial charge in [0.05, 0.1) is 23.5 Å². The summed E-state index contributed by atoms with van der Waals surface area (Å²) in [4.78, 5) is 23.6. The van der Waals surface area contributed by atoms with Crippen LogP contribution in [0.1, 0.15) is 51.0 Å². The molecule has 1 aliphatic carbocycles. The lowest BCUT2D eigenvalue weighted by Crippen LogP contribution is -2.12. The molecule has 27 heavy (non-hydrogen) atoms. The number of rotatable bonds is 4. The van der Waals surface area contributed by atoms with Crippen molar-refractivity contribution in [3.8, 4) is 17.0 Å². The van der Waals surface area contributed by atoms with Crippen molar-refractivity contribution in [1.29, 1.82) is 0 Å². The number of amides is 1. The van der Waals surface area contributed by atoms with Gasteiger partial charge >= 0.3 is 0 Å². The number of nitrogens with zero attached hydrogens (tertiary/aromatic N) is 2. The van der Waals surface area contributed by atoms with Crippen molar-refractivity contribution >= 4 is 33.7 Å². The normalized spacial score (nSPS) is 15.9. The molecule has 0 atom stereocenters. The van der Waals surface area contributed by atoms with Crippen LogP contribution in [0.4, 0.5) is 5.13 Å². The van der Waals surface area contributed by atoms with Gasteiger partial charge in [-0.2, -0.15) is 0 Å². The van der Waals surface area contributed by atoms with Gasteiger partial charge < -0.3 is 4.74 Å². The summed E-state index contributed by atoms with van der Waals surface area (Å²) < 4.78 is 5.70. The van der Waals surface area contributed by atoms with Crippen molar-refractivity contribution in [2.24, 2.45) is 0 Å². The van der Waals surface area contributed by atoms with Crippen molar-refractivity contribution in [3.63, 3.8) is 0 Å². The van der Waals surface area contributed by atoms with Crippen LogP contribution in [0.5, 0.6) is 5.75 Å². The lowest BCUT2D eigenvalue weighted by Gasteiger charge is -2.17. The molecule has 1 saturated carbocycles. The van der Waals surface area contributed by atoms with E-state index >= 15 is 0 Å². The van der Waals surface area contributed by atoms with Crippen LogP contribution in [-0.4, -0.2) is 22.5 Å². The van der Waals surface area contributed by atoms with Crippen molar-refractivity contribution in [1.82, 2.24) is 9.97 Å². The first-order valence-electron chi connectivity index (χ1n) is 9.17. The number of anilines is 1. The predicted molar refractivity (Wildman–Crippen MR) is 108 cm³/mol. The van der Waals surface area contributed by atoms with Gasteiger partial charge in [0.1, 0.15) is 10.6 Å². The van der Waals surface area contributed by atoms with Gasteiger partial charge in [-0.3, -0.25) is 10.1 Å². The molecule has 5 nitrogen and oxygen atoms in total. The first-order valence-corrected chi connectivity index (χ1v) is 10.9. The summed E-state index contributed by atoms with van der Waals surface area (Å²) in [5.41, 5.74) is 5.94. The van der Waals surface area contributed by atoms with E-state index in [1.807, 2.05) is 19.1 Å². The fourth-order valence-corrected chi connectivity index (χ4v) is 5.05. The summed E-state index contributed by atoms with van der Waals surface area (Å²) in [6.07, 6.45) is 4.34. The van der Waals surface area contributed by atoms with Gasteiger partial charge in [-0.05, 0) is 56.4 Å². The molecular weight excluding hydrogens is 378 g/mol. The fraction of sp³-hybridized carbons (Fsp3) is 0.350. The van der Waals surface area contributed by atoms with Gasteiger partial charge in [-0.1, -0.05) is 0 Å². The average Bonchev–Trinajstić information content (AvgIpc) is 3.29. The van der Waals surface area contributed by atoms with E-state index in [0.29, 0.717) is 11.0 Å². The first kappa shape index (κ1) is 16.9. The molecule has 0 radical (unpaired) electrons.